The number of halogens is 4. The van der Waals surface area contributed by atoms with Crippen molar-refractivity contribution in [2.24, 2.45) is 0 Å². The molecule has 38 heavy (non-hydrogen) atoms. The van der Waals surface area contributed by atoms with E-state index in [1.165, 1.54) is 43.0 Å². The minimum absolute atomic E-state index is 0.257. The van der Waals surface area contributed by atoms with Gasteiger partial charge in [0.15, 0.2) is 5.13 Å². The predicted octanol–water partition coefficient (Wildman–Crippen LogP) is 6.42. The highest BCUT2D eigenvalue weighted by Gasteiger charge is 2.26. The zero-order valence-electron chi connectivity index (χ0n) is 20.3. The fourth-order valence-corrected chi connectivity index (χ4v) is 5.42. The summed E-state index contributed by atoms with van der Waals surface area (Å²) in [7, 11) is 1.51. The maximum Gasteiger partial charge on any atom is 0.263 e. The van der Waals surface area contributed by atoms with Gasteiger partial charge < -0.3 is 4.74 Å². The number of nitrogens with zero attached hydrogens (tertiary/aromatic N) is 4. The quantitative estimate of drug-likeness (QED) is 0.263. The first-order valence-corrected chi connectivity index (χ1v) is 12.7. The molecule has 0 atom stereocenters. The number of rotatable bonds is 7. The average molecular weight is 560 g/mol. The maximum atomic E-state index is 14.3. The number of amides is 1. The molecule has 0 bridgehead atoms. The number of pyridine rings is 2. The number of hydrogen-bond acceptors (Lipinski definition) is 7. The summed E-state index contributed by atoms with van der Waals surface area (Å²) < 4.78 is 45.3. The number of thiazole rings is 1. The highest BCUT2D eigenvalue weighted by Crippen LogP contribution is 2.36. The Balaban J connectivity index is 1.31. The molecule has 1 aromatic carbocycles. The number of nitrogens with one attached hydrogen (secondary N) is 1. The summed E-state index contributed by atoms with van der Waals surface area (Å²) in [5, 5.41) is 3.54. The van der Waals surface area contributed by atoms with Gasteiger partial charge in [0, 0.05) is 58.7 Å². The number of carbonyl (C=O) groups excluding carboxylic acids is 1. The second-order valence-electron chi connectivity index (χ2n) is 8.72. The Morgan fingerprint density at radius 1 is 1.18 bits per heavy atom. The van der Waals surface area contributed by atoms with E-state index < -0.39 is 18.1 Å². The Hall–Kier alpha value is -3.54. The molecule has 3 aromatic heterocycles. The fraction of sp³-hybridized carbons (Fsp3) is 0.231. The summed E-state index contributed by atoms with van der Waals surface area (Å²) in [6, 6.07) is 6.91. The standard InChI is InChI=1S/C26H21ClF3N5O2S/c1-13-5-16(17-7-23(27)32-9-21(17)37-2)18(8-31-13)25(36)34-26-33-20-11-35(12-22(20)38-26)10-15-4-3-14(24(29)30)6-19(15)28/h3-9,24H,10-12H2,1-2H3,(H,33,34,36). The lowest BCUT2D eigenvalue weighted by Crippen LogP contribution is -2.17. The molecule has 0 aliphatic carbocycles. The van der Waals surface area contributed by atoms with Crippen molar-refractivity contribution < 1.29 is 22.7 Å². The largest absolute Gasteiger partial charge is 0.494 e. The smallest absolute Gasteiger partial charge is 0.263 e. The number of benzene rings is 1. The van der Waals surface area contributed by atoms with E-state index in [0.29, 0.717) is 51.9 Å². The fourth-order valence-electron chi connectivity index (χ4n) is 4.25. The monoisotopic (exact) mass is 559 g/mol. The van der Waals surface area contributed by atoms with Gasteiger partial charge in [-0.25, -0.2) is 23.1 Å². The second kappa shape index (κ2) is 10.7. The first-order valence-electron chi connectivity index (χ1n) is 11.5. The van der Waals surface area contributed by atoms with Crippen molar-refractivity contribution >= 4 is 34.0 Å². The molecule has 0 saturated carbocycles. The normalized spacial score (nSPS) is 13.1. The molecule has 0 fully saturated rings. The van der Waals surface area contributed by atoms with E-state index in [-0.39, 0.29) is 17.3 Å². The third-order valence-corrected chi connectivity index (χ3v) is 7.30. The SMILES string of the molecule is COc1cnc(Cl)cc1-c1cc(C)ncc1C(=O)Nc1nc2c(s1)CN(Cc1ccc(C(F)F)cc1F)C2. The minimum Gasteiger partial charge on any atom is -0.494 e. The number of methoxy groups -OCH3 is 1. The van der Waals surface area contributed by atoms with Crippen molar-refractivity contribution in [3.8, 4) is 16.9 Å². The molecule has 1 amide bonds. The molecule has 0 unspecified atom stereocenters. The molecule has 5 rings (SSSR count). The van der Waals surface area contributed by atoms with Gasteiger partial charge in [0.2, 0.25) is 0 Å². The number of aryl methyl sites for hydroxylation is 1. The van der Waals surface area contributed by atoms with Crippen LogP contribution < -0.4 is 10.1 Å². The zero-order chi connectivity index (χ0) is 27.0. The van der Waals surface area contributed by atoms with Crippen molar-refractivity contribution in [3.63, 3.8) is 0 Å². The Labute approximate surface area is 225 Å². The topological polar surface area (TPSA) is 80.2 Å². The molecular weight excluding hydrogens is 539 g/mol. The van der Waals surface area contributed by atoms with Crippen molar-refractivity contribution in [2.45, 2.75) is 33.0 Å². The third kappa shape index (κ3) is 5.35. The molecule has 7 nitrogen and oxygen atoms in total. The lowest BCUT2D eigenvalue weighted by atomic mass is 10.0. The zero-order valence-corrected chi connectivity index (χ0v) is 21.8. The van der Waals surface area contributed by atoms with Crippen molar-refractivity contribution in [1.82, 2.24) is 19.9 Å². The molecule has 196 valence electrons. The van der Waals surface area contributed by atoms with Crippen LogP contribution in [0, 0.1) is 12.7 Å². The third-order valence-electron chi connectivity index (χ3n) is 6.09. The van der Waals surface area contributed by atoms with Crippen LogP contribution in [-0.4, -0.2) is 32.9 Å². The van der Waals surface area contributed by atoms with E-state index >= 15 is 0 Å². The van der Waals surface area contributed by atoms with E-state index in [4.69, 9.17) is 16.3 Å². The number of carbonyl (C=O) groups is 1. The minimum atomic E-state index is -2.72. The number of hydrogen-bond donors (Lipinski definition) is 1. The van der Waals surface area contributed by atoms with E-state index in [0.717, 1.165) is 16.6 Å². The summed E-state index contributed by atoms with van der Waals surface area (Å²) in [6.07, 6.45) is 0.266. The Morgan fingerprint density at radius 3 is 2.71 bits per heavy atom. The molecule has 0 saturated heterocycles. The van der Waals surface area contributed by atoms with Crippen molar-refractivity contribution in [2.75, 3.05) is 12.4 Å². The molecule has 0 radical (unpaired) electrons. The van der Waals surface area contributed by atoms with Crippen LogP contribution in [0.15, 0.2) is 42.7 Å². The molecule has 1 N–H and O–H groups in total. The molecule has 4 aromatic rings. The van der Waals surface area contributed by atoms with Crippen LogP contribution in [-0.2, 0) is 19.6 Å². The first kappa shape index (κ1) is 26.1. The van der Waals surface area contributed by atoms with Crippen LogP contribution >= 0.6 is 22.9 Å². The van der Waals surface area contributed by atoms with Crippen LogP contribution in [0.4, 0.5) is 18.3 Å². The summed E-state index contributed by atoms with van der Waals surface area (Å²) in [6.45, 7) is 3.02. The molecule has 12 heteroatoms. The Kier molecular flexibility index (Phi) is 7.33. The van der Waals surface area contributed by atoms with Crippen molar-refractivity contribution in [1.29, 1.82) is 0 Å². The summed E-state index contributed by atoms with van der Waals surface area (Å²) in [5.74, 6) is -0.593. The summed E-state index contributed by atoms with van der Waals surface area (Å²) in [5.41, 5.74) is 2.99. The molecule has 1 aliphatic rings. The lowest BCUT2D eigenvalue weighted by Gasteiger charge is -2.16. The van der Waals surface area contributed by atoms with Gasteiger partial charge in [-0.15, -0.1) is 11.3 Å². The van der Waals surface area contributed by atoms with Gasteiger partial charge in [0.05, 0.1) is 24.6 Å². The average Bonchev–Trinajstić information content (AvgIpc) is 3.42. The highest BCUT2D eigenvalue weighted by molar-refractivity contribution is 7.15. The molecule has 4 heterocycles. The number of ether oxygens (including phenoxy) is 1. The van der Waals surface area contributed by atoms with Crippen LogP contribution in [0.5, 0.6) is 5.75 Å². The maximum absolute atomic E-state index is 14.3. The second-order valence-corrected chi connectivity index (χ2v) is 10.2. The van der Waals surface area contributed by atoms with Gasteiger partial charge in [0.1, 0.15) is 16.7 Å². The van der Waals surface area contributed by atoms with Gasteiger partial charge in [-0.2, -0.15) is 0 Å². The van der Waals surface area contributed by atoms with E-state index in [2.05, 4.69) is 20.3 Å². The molecule has 1 aliphatic heterocycles. The van der Waals surface area contributed by atoms with Crippen molar-refractivity contribution in [3.05, 3.63) is 86.7 Å². The van der Waals surface area contributed by atoms with Crippen LogP contribution in [0.1, 0.15) is 44.2 Å². The Morgan fingerprint density at radius 2 is 2.00 bits per heavy atom. The van der Waals surface area contributed by atoms with E-state index in [1.807, 2.05) is 11.8 Å². The van der Waals surface area contributed by atoms with E-state index in [9.17, 15) is 18.0 Å². The number of aromatic nitrogens is 3. The van der Waals surface area contributed by atoms with E-state index in [1.54, 1.807) is 12.1 Å². The summed E-state index contributed by atoms with van der Waals surface area (Å²) in [4.78, 5) is 29.0. The number of anilines is 1. The predicted molar refractivity (Wildman–Crippen MR) is 138 cm³/mol. The van der Waals surface area contributed by atoms with Gasteiger partial charge in [-0.1, -0.05) is 23.7 Å². The molecular formula is C26H21ClF3N5O2S. The van der Waals surface area contributed by atoms with Crippen LogP contribution in [0.3, 0.4) is 0 Å². The van der Waals surface area contributed by atoms with Gasteiger partial charge in [-0.3, -0.25) is 20.0 Å². The van der Waals surface area contributed by atoms with Crippen LogP contribution in [0.2, 0.25) is 5.15 Å². The lowest BCUT2D eigenvalue weighted by molar-refractivity contribution is 0.102. The molecule has 0 spiro atoms. The van der Waals surface area contributed by atoms with Gasteiger partial charge >= 0.3 is 0 Å². The van der Waals surface area contributed by atoms with Gasteiger partial charge in [-0.05, 0) is 25.1 Å². The highest BCUT2D eigenvalue weighted by atomic mass is 35.5. The van der Waals surface area contributed by atoms with Crippen LogP contribution in [0.25, 0.3) is 11.1 Å². The summed E-state index contributed by atoms with van der Waals surface area (Å²) >= 11 is 7.44. The number of fused-ring (bicyclic) bond motifs is 1. The van der Waals surface area contributed by atoms with Gasteiger partial charge in [0.25, 0.3) is 12.3 Å². The first-order chi connectivity index (χ1) is 18.2. The number of alkyl halides is 2. The Bertz CT molecular complexity index is 1510.